The smallest absolute Gasteiger partial charge is 0.308 e. The van der Waals surface area contributed by atoms with Gasteiger partial charge in [0.2, 0.25) is 5.91 Å². The molecule has 0 saturated carbocycles. The number of carboxylic acid groups (broad SMARTS) is 1. The fourth-order valence-corrected chi connectivity index (χ4v) is 2.73. The standard InChI is InChI=1S/C12H13BrN2O3/c1-15-10(16)3-2-9(12(17)18)11(15)7-4-8(13)6-14-5-7/h4-6,9,11H,2-3H2,1H3,(H,17,18). The number of pyridine rings is 1. The molecule has 1 aliphatic heterocycles. The summed E-state index contributed by atoms with van der Waals surface area (Å²) in [6, 6.07) is 1.36. The van der Waals surface area contributed by atoms with E-state index >= 15 is 0 Å². The minimum Gasteiger partial charge on any atom is -0.481 e. The molecule has 1 aromatic rings. The summed E-state index contributed by atoms with van der Waals surface area (Å²) in [5.41, 5.74) is 0.743. The van der Waals surface area contributed by atoms with Crippen molar-refractivity contribution in [3.8, 4) is 0 Å². The second kappa shape index (κ2) is 5.06. The number of carboxylic acids is 1. The summed E-state index contributed by atoms with van der Waals surface area (Å²) in [6.45, 7) is 0. The minimum absolute atomic E-state index is 0.0301. The van der Waals surface area contributed by atoms with Crippen LogP contribution in [0.5, 0.6) is 0 Å². The maximum absolute atomic E-state index is 11.7. The third-order valence-corrected chi connectivity index (χ3v) is 3.68. The number of nitrogens with zero attached hydrogens (tertiary/aromatic N) is 2. The van der Waals surface area contributed by atoms with Crippen LogP contribution >= 0.6 is 15.9 Å². The molecule has 1 saturated heterocycles. The lowest BCUT2D eigenvalue weighted by atomic mass is 9.85. The van der Waals surface area contributed by atoms with Gasteiger partial charge in [-0.3, -0.25) is 14.6 Å². The Morgan fingerprint density at radius 3 is 2.89 bits per heavy atom. The Morgan fingerprint density at radius 1 is 1.56 bits per heavy atom. The van der Waals surface area contributed by atoms with Gasteiger partial charge in [-0.25, -0.2) is 0 Å². The lowest BCUT2D eigenvalue weighted by Gasteiger charge is -2.37. The largest absolute Gasteiger partial charge is 0.481 e. The summed E-state index contributed by atoms with van der Waals surface area (Å²) in [6.07, 6.45) is 3.89. The first-order chi connectivity index (χ1) is 8.50. The number of carbonyl (C=O) groups excluding carboxylic acids is 1. The number of aromatic nitrogens is 1. The van der Waals surface area contributed by atoms with Crippen LogP contribution in [0.1, 0.15) is 24.4 Å². The summed E-state index contributed by atoms with van der Waals surface area (Å²) in [5, 5.41) is 9.27. The molecule has 6 heteroatoms. The van der Waals surface area contributed by atoms with Crippen molar-refractivity contribution < 1.29 is 14.7 Å². The third kappa shape index (κ3) is 2.38. The predicted octanol–water partition coefficient (Wildman–Crippen LogP) is 1.84. The predicted molar refractivity (Wildman–Crippen MR) is 67.8 cm³/mol. The van der Waals surface area contributed by atoms with Crippen LogP contribution in [-0.2, 0) is 9.59 Å². The van der Waals surface area contributed by atoms with E-state index in [1.165, 1.54) is 4.90 Å². The van der Waals surface area contributed by atoms with Crippen molar-refractivity contribution in [2.75, 3.05) is 7.05 Å². The van der Waals surface area contributed by atoms with Crippen LogP contribution in [0.4, 0.5) is 0 Å². The number of hydrogen-bond acceptors (Lipinski definition) is 3. The summed E-state index contributed by atoms with van der Waals surface area (Å²) in [4.78, 5) is 28.6. The van der Waals surface area contributed by atoms with Crippen LogP contribution in [-0.4, -0.2) is 33.9 Å². The number of halogens is 1. The number of piperidine rings is 1. The molecule has 18 heavy (non-hydrogen) atoms. The Morgan fingerprint density at radius 2 is 2.28 bits per heavy atom. The molecule has 1 fully saturated rings. The van der Waals surface area contributed by atoms with Gasteiger partial charge in [-0.15, -0.1) is 0 Å². The topological polar surface area (TPSA) is 70.5 Å². The molecule has 2 unspecified atom stereocenters. The average Bonchev–Trinajstić information content (AvgIpc) is 2.32. The van der Waals surface area contributed by atoms with Gasteiger partial charge in [0.1, 0.15) is 0 Å². The first-order valence-corrected chi connectivity index (χ1v) is 6.39. The summed E-state index contributed by atoms with van der Waals surface area (Å²) in [5.74, 6) is -1.49. The summed E-state index contributed by atoms with van der Waals surface area (Å²) in [7, 11) is 1.64. The molecule has 1 aromatic heterocycles. The van der Waals surface area contributed by atoms with Crippen molar-refractivity contribution in [2.45, 2.75) is 18.9 Å². The van der Waals surface area contributed by atoms with Crippen molar-refractivity contribution >= 4 is 27.8 Å². The molecule has 0 aliphatic carbocycles. The summed E-state index contributed by atoms with van der Waals surface area (Å²) < 4.78 is 0.774. The highest BCUT2D eigenvalue weighted by molar-refractivity contribution is 9.10. The first-order valence-electron chi connectivity index (χ1n) is 5.59. The van der Waals surface area contributed by atoms with E-state index in [9.17, 15) is 14.7 Å². The van der Waals surface area contributed by atoms with Gasteiger partial charge >= 0.3 is 5.97 Å². The quantitative estimate of drug-likeness (QED) is 0.904. The van der Waals surface area contributed by atoms with E-state index in [0.29, 0.717) is 6.42 Å². The lowest BCUT2D eigenvalue weighted by Crippen LogP contribution is -2.43. The van der Waals surface area contributed by atoms with Gasteiger partial charge in [-0.05, 0) is 34.0 Å². The van der Waals surface area contributed by atoms with Gasteiger partial charge < -0.3 is 10.0 Å². The van der Waals surface area contributed by atoms with Gasteiger partial charge in [-0.1, -0.05) is 0 Å². The Hall–Kier alpha value is -1.43. The van der Waals surface area contributed by atoms with E-state index < -0.39 is 17.9 Å². The Labute approximate surface area is 113 Å². The van der Waals surface area contributed by atoms with E-state index in [2.05, 4.69) is 20.9 Å². The molecule has 0 aromatic carbocycles. The molecule has 0 radical (unpaired) electrons. The monoisotopic (exact) mass is 312 g/mol. The van der Waals surface area contributed by atoms with E-state index in [0.717, 1.165) is 10.0 Å². The summed E-state index contributed by atoms with van der Waals surface area (Å²) >= 11 is 3.31. The van der Waals surface area contributed by atoms with Crippen molar-refractivity contribution in [3.63, 3.8) is 0 Å². The molecule has 96 valence electrons. The Bertz CT molecular complexity index is 492. The zero-order valence-corrected chi connectivity index (χ0v) is 11.4. The number of likely N-dealkylation sites (tertiary alicyclic amines) is 1. The second-order valence-corrected chi connectivity index (χ2v) is 5.29. The molecular weight excluding hydrogens is 300 g/mol. The van der Waals surface area contributed by atoms with E-state index in [-0.39, 0.29) is 12.3 Å². The average molecular weight is 313 g/mol. The molecule has 0 bridgehead atoms. The Kier molecular flexibility index (Phi) is 3.65. The maximum Gasteiger partial charge on any atom is 0.308 e. The molecule has 1 amide bonds. The highest BCUT2D eigenvalue weighted by Crippen LogP contribution is 2.36. The van der Waals surface area contributed by atoms with Crippen molar-refractivity contribution in [1.82, 2.24) is 9.88 Å². The molecule has 1 aliphatic rings. The minimum atomic E-state index is -0.876. The van der Waals surface area contributed by atoms with Crippen LogP contribution in [0.15, 0.2) is 22.9 Å². The molecule has 2 rings (SSSR count). The maximum atomic E-state index is 11.7. The van der Waals surface area contributed by atoms with Gasteiger partial charge in [0, 0.05) is 30.3 Å². The number of hydrogen-bond donors (Lipinski definition) is 1. The number of rotatable bonds is 2. The molecule has 1 N–H and O–H groups in total. The van der Waals surface area contributed by atoms with E-state index in [4.69, 9.17) is 0 Å². The van der Waals surface area contributed by atoms with Crippen molar-refractivity contribution in [2.24, 2.45) is 5.92 Å². The fourth-order valence-electron chi connectivity index (χ4n) is 2.34. The first kappa shape index (κ1) is 13.0. The molecule has 0 spiro atoms. The van der Waals surface area contributed by atoms with Gasteiger partial charge in [-0.2, -0.15) is 0 Å². The van der Waals surface area contributed by atoms with Crippen LogP contribution < -0.4 is 0 Å². The van der Waals surface area contributed by atoms with Gasteiger partial charge in [0.05, 0.1) is 12.0 Å². The van der Waals surface area contributed by atoms with Gasteiger partial charge in [0.25, 0.3) is 0 Å². The van der Waals surface area contributed by atoms with E-state index in [1.807, 2.05) is 6.07 Å². The highest BCUT2D eigenvalue weighted by Gasteiger charge is 2.39. The van der Waals surface area contributed by atoms with Crippen LogP contribution in [0.3, 0.4) is 0 Å². The van der Waals surface area contributed by atoms with E-state index in [1.54, 1.807) is 19.4 Å². The number of amides is 1. The van der Waals surface area contributed by atoms with Crippen LogP contribution in [0.2, 0.25) is 0 Å². The number of aliphatic carboxylic acids is 1. The second-order valence-electron chi connectivity index (χ2n) is 4.37. The Balaban J connectivity index is 2.41. The van der Waals surface area contributed by atoms with Crippen LogP contribution in [0, 0.1) is 5.92 Å². The van der Waals surface area contributed by atoms with Crippen molar-refractivity contribution in [3.05, 3.63) is 28.5 Å². The third-order valence-electron chi connectivity index (χ3n) is 3.25. The molecule has 5 nitrogen and oxygen atoms in total. The lowest BCUT2D eigenvalue weighted by molar-refractivity contribution is -0.150. The normalized spacial score (nSPS) is 24.1. The highest BCUT2D eigenvalue weighted by atomic mass is 79.9. The fraction of sp³-hybridized carbons (Fsp3) is 0.417. The molecule has 2 atom stereocenters. The zero-order valence-electron chi connectivity index (χ0n) is 9.84. The zero-order chi connectivity index (χ0) is 13.3. The van der Waals surface area contributed by atoms with Crippen LogP contribution in [0.25, 0.3) is 0 Å². The molecular formula is C12H13BrN2O3. The van der Waals surface area contributed by atoms with Gasteiger partial charge in [0.15, 0.2) is 0 Å². The van der Waals surface area contributed by atoms with Crippen molar-refractivity contribution in [1.29, 1.82) is 0 Å². The molecule has 2 heterocycles. The number of carbonyl (C=O) groups is 2. The SMILES string of the molecule is CN1C(=O)CCC(C(=O)O)C1c1cncc(Br)c1.